The van der Waals surface area contributed by atoms with Gasteiger partial charge in [-0.05, 0) is 36.8 Å². The quantitative estimate of drug-likeness (QED) is 0.873. The second-order valence-corrected chi connectivity index (χ2v) is 5.05. The molecule has 0 radical (unpaired) electrons. The number of thiophene rings is 1. The first kappa shape index (κ1) is 10.6. The molecule has 0 saturated heterocycles. The van der Waals surface area contributed by atoms with E-state index in [9.17, 15) is 5.11 Å². The Labute approximate surface area is 97.2 Å². The van der Waals surface area contributed by atoms with Crippen molar-refractivity contribution >= 4 is 22.9 Å². The molecular weight excluding hydrogens is 230 g/mol. The van der Waals surface area contributed by atoms with E-state index in [1.165, 1.54) is 11.3 Å². The van der Waals surface area contributed by atoms with Gasteiger partial charge in [0.25, 0.3) is 0 Å². The van der Waals surface area contributed by atoms with Gasteiger partial charge < -0.3 is 5.11 Å². The number of aryl methyl sites for hydroxylation is 1. The Morgan fingerprint density at radius 2 is 2.20 bits per heavy atom. The summed E-state index contributed by atoms with van der Waals surface area (Å²) in [6, 6.07) is 7.37. The molecule has 0 bridgehead atoms. The van der Waals surface area contributed by atoms with Crippen LogP contribution in [0.4, 0.5) is 0 Å². The summed E-state index contributed by atoms with van der Waals surface area (Å²) in [6.07, 6.45) is 1.02. The molecule has 1 atom stereocenters. The number of aliphatic hydroxyl groups excluding tert-OH is 1. The lowest BCUT2D eigenvalue weighted by Gasteiger charge is -2.07. The van der Waals surface area contributed by atoms with Crippen molar-refractivity contribution in [3.8, 4) is 0 Å². The zero-order valence-corrected chi connectivity index (χ0v) is 9.72. The van der Waals surface area contributed by atoms with Crippen LogP contribution in [0.15, 0.2) is 30.5 Å². The molecule has 78 valence electrons. The maximum atomic E-state index is 10.0. The molecule has 0 fully saturated rings. The monoisotopic (exact) mass is 239 g/mol. The molecule has 2 aromatic rings. The van der Waals surface area contributed by atoms with Gasteiger partial charge >= 0.3 is 0 Å². The van der Waals surface area contributed by atoms with Crippen LogP contribution in [0.25, 0.3) is 0 Å². The van der Waals surface area contributed by atoms with Crippen LogP contribution in [0.1, 0.15) is 22.2 Å². The van der Waals surface area contributed by atoms with Gasteiger partial charge in [0.05, 0.1) is 10.0 Å². The maximum Gasteiger partial charge on any atom is 0.130 e. The molecule has 2 aromatic heterocycles. The average molecular weight is 240 g/mol. The Balaban J connectivity index is 2.32. The Hall–Kier alpha value is -0.900. The fourth-order valence-electron chi connectivity index (χ4n) is 1.33. The number of hydrogen-bond donors (Lipinski definition) is 1. The van der Waals surface area contributed by atoms with Crippen LogP contribution in [0.5, 0.6) is 0 Å². The number of aliphatic hydroxyl groups is 1. The van der Waals surface area contributed by atoms with Gasteiger partial charge in [-0.15, -0.1) is 11.3 Å². The zero-order valence-electron chi connectivity index (χ0n) is 8.14. The van der Waals surface area contributed by atoms with Gasteiger partial charge in [0.15, 0.2) is 0 Å². The topological polar surface area (TPSA) is 33.1 Å². The largest absolute Gasteiger partial charge is 0.381 e. The second-order valence-electron chi connectivity index (χ2n) is 3.30. The van der Waals surface area contributed by atoms with Gasteiger partial charge in [0, 0.05) is 11.1 Å². The van der Waals surface area contributed by atoms with E-state index >= 15 is 0 Å². The summed E-state index contributed by atoms with van der Waals surface area (Å²) >= 11 is 7.18. The van der Waals surface area contributed by atoms with Crippen LogP contribution in [0.3, 0.4) is 0 Å². The standard InChI is InChI=1S/C11H10ClNOS/c1-7-4-5-13-8(6-7)11(14)9-2-3-10(12)15-9/h2-6,11,14H,1H3. The van der Waals surface area contributed by atoms with Crippen LogP contribution < -0.4 is 0 Å². The normalized spacial score (nSPS) is 12.7. The minimum atomic E-state index is -0.678. The maximum absolute atomic E-state index is 10.0. The van der Waals surface area contributed by atoms with Gasteiger partial charge in [-0.25, -0.2) is 0 Å². The van der Waals surface area contributed by atoms with Gasteiger partial charge in [0.2, 0.25) is 0 Å². The van der Waals surface area contributed by atoms with Gasteiger partial charge in [0.1, 0.15) is 6.10 Å². The van der Waals surface area contributed by atoms with E-state index in [1.807, 2.05) is 25.1 Å². The molecule has 2 rings (SSSR count). The fraction of sp³-hybridized carbons (Fsp3) is 0.182. The summed E-state index contributed by atoms with van der Waals surface area (Å²) in [4.78, 5) is 4.96. The van der Waals surface area contributed by atoms with Crippen molar-refractivity contribution in [2.45, 2.75) is 13.0 Å². The van der Waals surface area contributed by atoms with Crippen molar-refractivity contribution in [1.29, 1.82) is 0 Å². The van der Waals surface area contributed by atoms with Crippen LogP contribution in [0, 0.1) is 6.92 Å². The molecule has 0 amide bonds. The Morgan fingerprint density at radius 1 is 1.40 bits per heavy atom. The number of rotatable bonds is 2. The summed E-state index contributed by atoms with van der Waals surface area (Å²) in [5.74, 6) is 0. The third-order valence-electron chi connectivity index (χ3n) is 2.08. The fourth-order valence-corrected chi connectivity index (χ4v) is 2.39. The van der Waals surface area contributed by atoms with E-state index in [0.29, 0.717) is 10.0 Å². The summed E-state index contributed by atoms with van der Waals surface area (Å²) in [7, 11) is 0. The highest BCUT2D eigenvalue weighted by Gasteiger charge is 2.13. The first-order chi connectivity index (χ1) is 7.16. The molecule has 0 aliphatic carbocycles. The molecule has 4 heteroatoms. The van der Waals surface area contributed by atoms with Crippen molar-refractivity contribution in [2.24, 2.45) is 0 Å². The minimum absolute atomic E-state index is 0.661. The third kappa shape index (κ3) is 2.37. The van der Waals surface area contributed by atoms with Crippen molar-refractivity contribution in [1.82, 2.24) is 4.98 Å². The van der Waals surface area contributed by atoms with Crippen LogP contribution in [-0.2, 0) is 0 Å². The van der Waals surface area contributed by atoms with Gasteiger partial charge in [-0.2, -0.15) is 0 Å². The lowest BCUT2D eigenvalue weighted by atomic mass is 10.1. The molecule has 1 N–H and O–H groups in total. The average Bonchev–Trinajstić information content (AvgIpc) is 2.64. The second kappa shape index (κ2) is 4.31. The predicted molar refractivity (Wildman–Crippen MR) is 62.4 cm³/mol. The van der Waals surface area contributed by atoms with E-state index in [0.717, 1.165) is 10.4 Å². The number of aromatic nitrogens is 1. The van der Waals surface area contributed by atoms with Crippen LogP contribution >= 0.6 is 22.9 Å². The highest BCUT2D eigenvalue weighted by molar-refractivity contribution is 7.16. The Bertz CT molecular complexity index is 469. The van der Waals surface area contributed by atoms with Crippen molar-refractivity contribution in [3.63, 3.8) is 0 Å². The first-order valence-electron chi connectivity index (χ1n) is 4.52. The summed E-state index contributed by atoms with van der Waals surface area (Å²) in [5, 5.41) is 10.0. The van der Waals surface area contributed by atoms with E-state index in [2.05, 4.69) is 4.98 Å². The smallest absolute Gasteiger partial charge is 0.130 e. The van der Waals surface area contributed by atoms with E-state index in [1.54, 1.807) is 12.3 Å². The molecule has 0 aromatic carbocycles. The third-order valence-corrected chi connectivity index (χ3v) is 3.36. The van der Waals surface area contributed by atoms with E-state index in [-0.39, 0.29) is 0 Å². The van der Waals surface area contributed by atoms with Crippen molar-refractivity contribution < 1.29 is 5.11 Å². The summed E-state index contributed by atoms with van der Waals surface area (Å²) in [6.45, 7) is 1.97. The van der Waals surface area contributed by atoms with Crippen LogP contribution in [0.2, 0.25) is 4.34 Å². The minimum Gasteiger partial charge on any atom is -0.381 e. The zero-order chi connectivity index (χ0) is 10.8. The number of nitrogens with zero attached hydrogens (tertiary/aromatic N) is 1. The van der Waals surface area contributed by atoms with E-state index < -0.39 is 6.10 Å². The van der Waals surface area contributed by atoms with Gasteiger partial charge in [-0.1, -0.05) is 11.6 Å². The number of pyridine rings is 1. The Morgan fingerprint density at radius 3 is 2.80 bits per heavy atom. The van der Waals surface area contributed by atoms with Crippen LogP contribution in [-0.4, -0.2) is 10.1 Å². The SMILES string of the molecule is Cc1ccnc(C(O)c2ccc(Cl)s2)c1. The number of halogens is 1. The van der Waals surface area contributed by atoms with E-state index in [4.69, 9.17) is 11.6 Å². The predicted octanol–water partition coefficient (Wildman–Crippen LogP) is 3.19. The molecule has 0 saturated carbocycles. The van der Waals surface area contributed by atoms with Gasteiger partial charge in [-0.3, -0.25) is 4.98 Å². The lowest BCUT2D eigenvalue weighted by molar-refractivity contribution is 0.219. The number of hydrogen-bond acceptors (Lipinski definition) is 3. The molecule has 2 nitrogen and oxygen atoms in total. The van der Waals surface area contributed by atoms with Crippen molar-refractivity contribution in [2.75, 3.05) is 0 Å². The molecule has 2 heterocycles. The molecule has 0 aliphatic heterocycles. The Kier molecular flexibility index (Phi) is 3.05. The molecule has 0 spiro atoms. The molecule has 15 heavy (non-hydrogen) atoms. The molecular formula is C11H10ClNOS. The molecule has 0 aliphatic rings. The molecule has 1 unspecified atom stereocenters. The highest BCUT2D eigenvalue weighted by atomic mass is 35.5. The highest BCUT2D eigenvalue weighted by Crippen LogP contribution is 2.30. The lowest BCUT2D eigenvalue weighted by Crippen LogP contribution is -2.00. The summed E-state index contributed by atoms with van der Waals surface area (Å²) in [5.41, 5.74) is 1.75. The van der Waals surface area contributed by atoms with Crippen molar-refractivity contribution in [3.05, 3.63) is 50.9 Å². The first-order valence-corrected chi connectivity index (χ1v) is 5.72. The summed E-state index contributed by atoms with van der Waals surface area (Å²) < 4.78 is 0.678.